The van der Waals surface area contributed by atoms with Gasteiger partial charge in [0.25, 0.3) is 0 Å². The third-order valence-electron chi connectivity index (χ3n) is 2.09. The second-order valence-electron chi connectivity index (χ2n) is 3.07. The minimum Gasteiger partial charge on any atom is -0.140 e. The fraction of sp³-hybridized carbons (Fsp3) is 0.333. The number of thiophene rings is 1. The predicted molar refractivity (Wildman–Crippen MR) is 62.3 cm³/mol. The Morgan fingerprint density at radius 1 is 1.62 bits per heavy atom. The van der Waals surface area contributed by atoms with Gasteiger partial charge in [0.1, 0.15) is 0 Å². The molecule has 1 aromatic rings. The maximum atomic E-state index is 4.03. The smallest absolute Gasteiger partial charge is 0.0342 e. The molecule has 70 valence electrons. The third kappa shape index (κ3) is 2.31. The summed E-state index contributed by atoms with van der Waals surface area (Å²) < 4.78 is 0. The second kappa shape index (κ2) is 4.43. The van der Waals surface area contributed by atoms with Gasteiger partial charge in [0.05, 0.1) is 0 Å². The molecule has 1 rings (SSSR count). The highest BCUT2D eigenvalue weighted by Crippen LogP contribution is 2.27. The van der Waals surface area contributed by atoms with Crippen LogP contribution in [-0.4, -0.2) is 0 Å². The van der Waals surface area contributed by atoms with Crippen molar-refractivity contribution in [3.8, 4) is 0 Å². The van der Waals surface area contributed by atoms with Crippen LogP contribution < -0.4 is 0 Å². The van der Waals surface area contributed by atoms with E-state index in [1.54, 1.807) is 0 Å². The summed E-state index contributed by atoms with van der Waals surface area (Å²) in [6, 6.07) is 2.25. The summed E-state index contributed by atoms with van der Waals surface area (Å²) in [6.45, 7) is 10.4. The molecule has 0 saturated carbocycles. The minimum atomic E-state index is 1.12. The molecule has 0 spiro atoms. The third-order valence-corrected chi connectivity index (χ3v) is 3.25. The number of aryl methyl sites for hydroxylation is 2. The van der Waals surface area contributed by atoms with Gasteiger partial charge in [-0.1, -0.05) is 25.7 Å². The number of allylic oxidation sites excluding steroid dienone is 3. The second-order valence-corrected chi connectivity index (χ2v) is 4.33. The first-order chi connectivity index (χ1) is 6.19. The van der Waals surface area contributed by atoms with Gasteiger partial charge in [-0.05, 0) is 37.5 Å². The van der Waals surface area contributed by atoms with E-state index >= 15 is 0 Å². The first kappa shape index (κ1) is 10.3. The van der Waals surface area contributed by atoms with E-state index in [9.17, 15) is 0 Å². The van der Waals surface area contributed by atoms with Gasteiger partial charge in [0.2, 0.25) is 0 Å². The first-order valence-electron chi connectivity index (χ1n) is 4.60. The molecule has 0 amide bonds. The molecule has 1 aromatic heterocycles. The minimum absolute atomic E-state index is 1.12. The summed E-state index contributed by atoms with van der Waals surface area (Å²) in [4.78, 5) is 2.72. The molecule has 0 radical (unpaired) electrons. The molecule has 13 heavy (non-hydrogen) atoms. The predicted octanol–water partition coefficient (Wildman–Crippen LogP) is 4.21. The maximum absolute atomic E-state index is 4.03. The molecule has 0 aliphatic heterocycles. The highest BCUT2D eigenvalue weighted by Gasteiger charge is 2.04. The fourth-order valence-corrected chi connectivity index (χ4v) is 2.38. The highest BCUT2D eigenvalue weighted by molar-refractivity contribution is 7.13. The molecule has 0 bridgehead atoms. The topological polar surface area (TPSA) is 0 Å². The van der Waals surface area contributed by atoms with Crippen LogP contribution in [0.4, 0.5) is 0 Å². The molecule has 0 aliphatic carbocycles. The van der Waals surface area contributed by atoms with E-state index in [-0.39, 0.29) is 0 Å². The zero-order chi connectivity index (χ0) is 9.84. The van der Waals surface area contributed by atoms with Crippen molar-refractivity contribution in [2.75, 3.05) is 0 Å². The molecule has 1 heteroatoms. The molecule has 0 saturated heterocycles. The summed E-state index contributed by atoms with van der Waals surface area (Å²) in [5.41, 5.74) is 2.57. The molecular formula is C12H16S. The quantitative estimate of drug-likeness (QED) is 0.629. The summed E-state index contributed by atoms with van der Waals surface area (Å²) in [7, 11) is 0. The van der Waals surface area contributed by atoms with Crippen LogP contribution in [0, 0.1) is 6.92 Å². The Kier molecular flexibility index (Phi) is 3.49. The largest absolute Gasteiger partial charge is 0.140 e. The van der Waals surface area contributed by atoms with Crippen LogP contribution in [0.3, 0.4) is 0 Å². The molecule has 0 aromatic carbocycles. The van der Waals surface area contributed by atoms with Crippen molar-refractivity contribution in [2.24, 2.45) is 0 Å². The molecule has 0 aliphatic rings. The molecule has 0 unspecified atom stereocenters. The average molecular weight is 192 g/mol. The molecule has 0 atom stereocenters. The van der Waals surface area contributed by atoms with Crippen molar-refractivity contribution in [3.63, 3.8) is 0 Å². The van der Waals surface area contributed by atoms with Crippen LogP contribution in [-0.2, 0) is 6.42 Å². The Hall–Kier alpha value is -0.820. The van der Waals surface area contributed by atoms with E-state index in [2.05, 4.69) is 32.6 Å². The number of hydrogen-bond donors (Lipinski definition) is 0. The van der Waals surface area contributed by atoms with Crippen LogP contribution in [0.2, 0.25) is 0 Å². The van der Waals surface area contributed by atoms with Crippen LogP contribution in [0.15, 0.2) is 24.8 Å². The molecule has 0 N–H and O–H groups in total. The summed E-state index contributed by atoms with van der Waals surface area (Å²) >= 11 is 1.84. The normalized spacial score (nSPS) is 11.0. The molecular weight excluding hydrogens is 176 g/mol. The van der Waals surface area contributed by atoms with Gasteiger partial charge in [0.15, 0.2) is 0 Å². The highest BCUT2D eigenvalue weighted by atomic mass is 32.1. The van der Waals surface area contributed by atoms with Gasteiger partial charge in [-0.15, -0.1) is 11.3 Å². The lowest BCUT2D eigenvalue weighted by Crippen LogP contribution is -1.75. The van der Waals surface area contributed by atoms with Crippen LogP contribution in [0.5, 0.6) is 0 Å². The lowest BCUT2D eigenvalue weighted by atomic mass is 10.1. The monoisotopic (exact) mass is 192 g/mol. The number of hydrogen-bond acceptors (Lipinski definition) is 1. The van der Waals surface area contributed by atoms with Crippen molar-refractivity contribution < 1.29 is 0 Å². The van der Waals surface area contributed by atoms with Gasteiger partial charge in [-0.3, -0.25) is 0 Å². The molecule has 1 heterocycles. The van der Waals surface area contributed by atoms with Crippen molar-refractivity contribution in [1.82, 2.24) is 0 Å². The van der Waals surface area contributed by atoms with Crippen LogP contribution in [0.25, 0.3) is 5.57 Å². The van der Waals surface area contributed by atoms with Crippen molar-refractivity contribution >= 4 is 16.9 Å². The Morgan fingerprint density at radius 2 is 2.31 bits per heavy atom. The van der Waals surface area contributed by atoms with Crippen molar-refractivity contribution in [3.05, 3.63) is 40.1 Å². The molecule has 0 fully saturated rings. The van der Waals surface area contributed by atoms with E-state index in [4.69, 9.17) is 0 Å². The SMILES string of the molecule is C=C(/C=C\C)c1cc(CC)c(C)s1. The van der Waals surface area contributed by atoms with E-state index in [1.807, 2.05) is 24.3 Å². The lowest BCUT2D eigenvalue weighted by Gasteiger charge is -1.91. The van der Waals surface area contributed by atoms with Crippen LogP contribution >= 0.6 is 11.3 Å². The van der Waals surface area contributed by atoms with E-state index in [0.717, 1.165) is 12.0 Å². The van der Waals surface area contributed by atoms with Crippen LogP contribution in [0.1, 0.15) is 29.2 Å². The van der Waals surface area contributed by atoms with Gasteiger partial charge in [0, 0.05) is 9.75 Å². The Morgan fingerprint density at radius 3 is 2.77 bits per heavy atom. The van der Waals surface area contributed by atoms with E-state index < -0.39 is 0 Å². The Balaban J connectivity index is 2.96. The maximum Gasteiger partial charge on any atom is 0.0342 e. The van der Waals surface area contributed by atoms with Gasteiger partial charge < -0.3 is 0 Å². The zero-order valence-electron chi connectivity index (χ0n) is 8.55. The fourth-order valence-electron chi connectivity index (χ4n) is 1.31. The number of rotatable bonds is 3. The van der Waals surface area contributed by atoms with Crippen molar-refractivity contribution in [1.29, 1.82) is 0 Å². The first-order valence-corrected chi connectivity index (χ1v) is 5.42. The standard InChI is InChI=1S/C12H16S/c1-5-7-9(3)12-8-11(6-2)10(4)13-12/h5,7-8H,3,6H2,1-2,4H3/b7-5-. The summed E-state index contributed by atoms with van der Waals surface area (Å²) in [5.74, 6) is 0. The Labute approximate surface area is 84.6 Å². The lowest BCUT2D eigenvalue weighted by molar-refractivity contribution is 1.13. The van der Waals surface area contributed by atoms with Gasteiger partial charge in [-0.25, -0.2) is 0 Å². The van der Waals surface area contributed by atoms with E-state index in [1.165, 1.54) is 15.3 Å². The zero-order valence-corrected chi connectivity index (χ0v) is 9.37. The average Bonchev–Trinajstić information content (AvgIpc) is 2.47. The van der Waals surface area contributed by atoms with Gasteiger partial charge >= 0.3 is 0 Å². The summed E-state index contributed by atoms with van der Waals surface area (Å²) in [5, 5.41) is 0. The van der Waals surface area contributed by atoms with Crippen molar-refractivity contribution in [2.45, 2.75) is 27.2 Å². The van der Waals surface area contributed by atoms with Gasteiger partial charge in [-0.2, -0.15) is 0 Å². The van der Waals surface area contributed by atoms with E-state index in [0.29, 0.717) is 0 Å². The Bertz CT molecular complexity index is 329. The molecule has 0 nitrogen and oxygen atoms in total. The summed E-state index contributed by atoms with van der Waals surface area (Å²) in [6.07, 6.45) is 5.21.